The van der Waals surface area contributed by atoms with E-state index in [2.05, 4.69) is 24.3 Å². The number of aryl methyl sites for hydroxylation is 2. The Labute approximate surface area is 216 Å². The number of hydrogen-bond acceptors (Lipinski definition) is 6. The number of hydrogen-bond donors (Lipinski definition) is 0. The average molecular weight is 486 g/mol. The topological polar surface area (TPSA) is 131 Å². The molecule has 0 unspecified atom stereocenters. The van der Waals surface area contributed by atoms with Crippen molar-refractivity contribution in [2.24, 2.45) is 14.1 Å². The molecule has 2 aliphatic carbocycles. The summed E-state index contributed by atoms with van der Waals surface area (Å²) < 4.78 is 3.92. The highest BCUT2D eigenvalue weighted by atomic mass is 15.0. The lowest BCUT2D eigenvalue weighted by molar-refractivity contribution is 0.950. The lowest BCUT2D eigenvalue weighted by Crippen LogP contribution is -2.02. The molecule has 0 saturated carbocycles. The second kappa shape index (κ2) is 7.28. The van der Waals surface area contributed by atoms with Crippen molar-refractivity contribution in [1.29, 1.82) is 21.0 Å². The van der Waals surface area contributed by atoms with E-state index in [1.165, 1.54) is 0 Å². The third-order valence-corrected chi connectivity index (χ3v) is 7.48. The van der Waals surface area contributed by atoms with Gasteiger partial charge in [0, 0.05) is 47.0 Å². The zero-order chi connectivity index (χ0) is 26.3. The van der Waals surface area contributed by atoms with Crippen molar-refractivity contribution in [2.75, 3.05) is 0 Å². The minimum absolute atomic E-state index is 0.0493. The quantitative estimate of drug-likeness (QED) is 0.273. The van der Waals surface area contributed by atoms with Crippen molar-refractivity contribution in [2.45, 2.75) is 0 Å². The molecule has 38 heavy (non-hydrogen) atoms. The normalized spacial score (nSPS) is 12.3. The lowest BCUT2D eigenvalue weighted by atomic mass is 10.1. The van der Waals surface area contributed by atoms with E-state index in [0.717, 1.165) is 32.9 Å². The number of para-hydroxylation sites is 2. The van der Waals surface area contributed by atoms with E-state index in [9.17, 15) is 21.0 Å². The fourth-order valence-corrected chi connectivity index (χ4v) is 5.96. The van der Waals surface area contributed by atoms with E-state index in [1.807, 2.05) is 71.8 Å². The number of fused-ring (bicyclic) bond motifs is 10. The number of rotatable bonds is 0. The van der Waals surface area contributed by atoms with E-state index in [0.29, 0.717) is 45.3 Å². The number of benzene rings is 2. The van der Waals surface area contributed by atoms with Gasteiger partial charge in [0.2, 0.25) is 0 Å². The van der Waals surface area contributed by atoms with Crippen molar-refractivity contribution in [3.8, 4) is 46.8 Å². The van der Waals surface area contributed by atoms with Crippen LogP contribution in [-0.4, -0.2) is 19.1 Å². The van der Waals surface area contributed by atoms with Crippen LogP contribution >= 0.6 is 0 Å². The van der Waals surface area contributed by atoms with Crippen LogP contribution in [0.2, 0.25) is 0 Å². The number of allylic oxidation sites excluding steroid dienone is 2. The molecule has 0 aliphatic heterocycles. The van der Waals surface area contributed by atoms with Crippen LogP contribution in [0.5, 0.6) is 0 Å². The summed E-state index contributed by atoms with van der Waals surface area (Å²) in [5, 5.41) is 41.5. The smallest absolute Gasteiger partial charge is 0.141 e. The Bertz CT molecular complexity index is 2000. The predicted octanol–water partition coefficient (Wildman–Crippen LogP) is 5.12. The van der Waals surface area contributed by atoms with Gasteiger partial charge < -0.3 is 9.13 Å². The fraction of sp³-hybridized carbons (Fsp3) is 0.0667. The second-order valence-corrected chi connectivity index (χ2v) is 9.16. The maximum atomic E-state index is 9.91. The molecule has 7 rings (SSSR count). The largest absolute Gasteiger partial charge is 0.343 e. The molecule has 2 aromatic carbocycles. The molecule has 8 nitrogen and oxygen atoms in total. The van der Waals surface area contributed by atoms with Gasteiger partial charge in [0.25, 0.3) is 0 Å². The number of nitriles is 4. The molecule has 0 saturated heterocycles. The van der Waals surface area contributed by atoms with Crippen molar-refractivity contribution in [3.63, 3.8) is 0 Å². The molecule has 0 fully saturated rings. The van der Waals surface area contributed by atoms with Crippen LogP contribution in [0.1, 0.15) is 22.8 Å². The highest BCUT2D eigenvalue weighted by Gasteiger charge is 2.40. The first kappa shape index (κ1) is 21.3. The standard InChI is InChI=1S/C30H14N8/c1-37-19-9-5-3-7-17(19)23-27-25(21(29(23)37)15(11-31)12-32)35-28-24-18-8-4-6-10-20(18)38(2)30(24)22(26(28)36-27)16(13-33)14-34/h3-10H,1-2H3. The first-order valence-corrected chi connectivity index (χ1v) is 11.7. The molecule has 2 aliphatic rings. The van der Waals surface area contributed by atoms with Crippen LogP contribution in [0.25, 0.3) is 55.5 Å². The molecule has 0 spiro atoms. The van der Waals surface area contributed by atoms with Crippen LogP contribution in [-0.2, 0) is 14.1 Å². The Hall–Kier alpha value is -5.96. The van der Waals surface area contributed by atoms with Gasteiger partial charge in [0.1, 0.15) is 58.2 Å². The summed E-state index contributed by atoms with van der Waals surface area (Å²) in [7, 11) is 3.79. The Morgan fingerprint density at radius 3 is 1.32 bits per heavy atom. The van der Waals surface area contributed by atoms with Crippen LogP contribution < -0.4 is 0 Å². The monoisotopic (exact) mass is 486 g/mol. The summed E-state index contributed by atoms with van der Waals surface area (Å²) in [6.45, 7) is 0. The third kappa shape index (κ3) is 2.34. The summed E-state index contributed by atoms with van der Waals surface area (Å²) in [4.78, 5) is 10.1. The van der Waals surface area contributed by atoms with Gasteiger partial charge in [-0.1, -0.05) is 36.4 Å². The second-order valence-electron chi connectivity index (χ2n) is 9.16. The van der Waals surface area contributed by atoms with Crippen molar-refractivity contribution < 1.29 is 0 Å². The number of aromatic nitrogens is 4. The van der Waals surface area contributed by atoms with E-state index in [1.54, 1.807) is 0 Å². The molecule has 0 N–H and O–H groups in total. The minimum atomic E-state index is -0.0493. The Kier molecular flexibility index (Phi) is 4.09. The van der Waals surface area contributed by atoms with Crippen molar-refractivity contribution >= 4 is 33.0 Å². The molecule has 0 amide bonds. The maximum absolute atomic E-state index is 9.91. The van der Waals surface area contributed by atoms with Crippen LogP contribution in [0.4, 0.5) is 0 Å². The maximum Gasteiger partial charge on any atom is 0.141 e. The highest BCUT2D eigenvalue weighted by molar-refractivity contribution is 6.15. The number of nitrogens with zero attached hydrogens (tertiary/aromatic N) is 8. The van der Waals surface area contributed by atoms with Gasteiger partial charge in [-0.15, -0.1) is 0 Å². The third-order valence-electron chi connectivity index (χ3n) is 7.48. The molecule has 3 aromatic heterocycles. The van der Waals surface area contributed by atoms with E-state index < -0.39 is 0 Å². The van der Waals surface area contributed by atoms with Gasteiger partial charge in [-0.05, 0) is 12.1 Å². The molecule has 8 heteroatoms. The lowest BCUT2D eigenvalue weighted by Gasteiger charge is -2.10. The first-order chi connectivity index (χ1) is 18.5. The van der Waals surface area contributed by atoms with E-state index >= 15 is 0 Å². The first-order valence-electron chi connectivity index (χ1n) is 11.7. The summed E-state index contributed by atoms with van der Waals surface area (Å²) in [5.41, 5.74) is 7.55. The zero-order valence-corrected chi connectivity index (χ0v) is 20.2. The van der Waals surface area contributed by atoms with Crippen LogP contribution in [0.15, 0.2) is 59.7 Å². The molecule has 0 bridgehead atoms. The van der Waals surface area contributed by atoms with Gasteiger partial charge >= 0.3 is 0 Å². The SMILES string of the molecule is Cn1c2c(c3ccccc31)-c1nc3c(nc1C2=C(C#N)C#N)-c1c(n(C)c2ccccc12)C3=C(C#N)C#N. The van der Waals surface area contributed by atoms with Crippen molar-refractivity contribution in [1.82, 2.24) is 19.1 Å². The van der Waals surface area contributed by atoms with Crippen LogP contribution in [0.3, 0.4) is 0 Å². The predicted molar refractivity (Wildman–Crippen MR) is 140 cm³/mol. The fourth-order valence-electron chi connectivity index (χ4n) is 5.96. The molecule has 174 valence electrons. The molecular weight excluding hydrogens is 472 g/mol. The summed E-state index contributed by atoms with van der Waals surface area (Å²) >= 11 is 0. The molecular formula is C30H14N8. The van der Waals surface area contributed by atoms with Gasteiger partial charge in [-0.3, -0.25) is 0 Å². The summed E-state index contributed by atoms with van der Waals surface area (Å²) in [6, 6.07) is 23.8. The molecule has 0 atom stereocenters. The average Bonchev–Trinajstić information content (AvgIpc) is 3.63. The van der Waals surface area contributed by atoms with E-state index in [4.69, 9.17) is 9.97 Å². The summed E-state index contributed by atoms with van der Waals surface area (Å²) in [5.74, 6) is 0. The molecule has 0 radical (unpaired) electrons. The zero-order valence-electron chi connectivity index (χ0n) is 20.2. The van der Waals surface area contributed by atoms with Gasteiger partial charge in [0.05, 0.1) is 22.5 Å². The van der Waals surface area contributed by atoms with E-state index in [-0.39, 0.29) is 11.1 Å². The summed E-state index contributed by atoms with van der Waals surface area (Å²) in [6.07, 6.45) is 0. The van der Waals surface area contributed by atoms with Crippen molar-refractivity contribution in [3.05, 3.63) is 82.5 Å². The Morgan fingerprint density at radius 2 is 0.947 bits per heavy atom. The Balaban J connectivity index is 1.70. The molecule has 3 heterocycles. The van der Waals surface area contributed by atoms with Crippen LogP contribution in [0, 0.1) is 45.3 Å². The molecule has 5 aromatic rings. The van der Waals surface area contributed by atoms with Gasteiger partial charge in [0.15, 0.2) is 0 Å². The van der Waals surface area contributed by atoms with Gasteiger partial charge in [-0.25, -0.2) is 9.97 Å². The van der Waals surface area contributed by atoms with Gasteiger partial charge in [-0.2, -0.15) is 21.0 Å². The minimum Gasteiger partial charge on any atom is -0.343 e. The Morgan fingerprint density at radius 1 is 0.579 bits per heavy atom. The highest BCUT2D eigenvalue weighted by Crippen LogP contribution is 2.54.